The molecule has 0 bridgehead atoms. The van der Waals surface area contributed by atoms with Gasteiger partial charge in [0.15, 0.2) is 5.78 Å². The predicted octanol–water partition coefficient (Wildman–Crippen LogP) is 4.42. The summed E-state index contributed by atoms with van der Waals surface area (Å²) in [6.45, 7) is 0.989. The van der Waals surface area contributed by atoms with Crippen molar-refractivity contribution in [2.24, 2.45) is 5.92 Å². The second kappa shape index (κ2) is 6.47. The van der Waals surface area contributed by atoms with Gasteiger partial charge in [-0.05, 0) is 67.6 Å². The second-order valence-corrected chi connectivity index (χ2v) is 7.27. The van der Waals surface area contributed by atoms with Gasteiger partial charge < -0.3 is 10.0 Å². The number of piperidine rings is 1. The minimum Gasteiger partial charge on any atom is -0.385 e. The number of hydrogen-bond acceptors (Lipinski definition) is 3. The van der Waals surface area contributed by atoms with E-state index in [1.54, 1.807) is 0 Å². The topological polar surface area (TPSA) is 40.5 Å². The van der Waals surface area contributed by atoms with E-state index >= 15 is 0 Å². The van der Waals surface area contributed by atoms with Crippen LogP contribution in [-0.4, -0.2) is 24.0 Å². The van der Waals surface area contributed by atoms with Crippen LogP contribution >= 0.6 is 11.6 Å². The Bertz CT molecular complexity index is 939. The lowest BCUT2D eigenvalue weighted by molar-refractivity contribution is 0.0118. The van der Waals surface area contributed by atoms with E-state index in [1.165, 1.54) is 0 Å². The van der Waals surface area contributed by atoms with E-state index in [1.807, 2.05) is 24.3 Å². The molecule has 2 fully saturated rings. The largest absolute Gasteiger partial charge is 0.385 e. The quantitative estimate of drug-likeness (QED) is 0.821. The third kappa shape index (κ3) is 3.44. The van der Waals surface area contributed by atoms with Crippen LogP contribution < -0.4 is 4.90 Å². The van der Waals surface area contributed by atoms with E-state index in [-0.39, 0.29) is 59.3 Å². The molecule has 0 radical (unpaired) electrons. The summed E-state index contributed by atoms with van der Waals surface area (Å²) >= 11 is 5.88. The number of Topliss-reactive ketones (excluding diaryl/α,β-unsaturated/α-hetero) is 1. The number of carbonyl (C=O) groups is 1. The molecule has 2 aliphatic rings. The van der Waals surface area contributed by atoms with Gasteiger partial charge in [-0.15, -0.1) is 0 Å². The summed E-state index contributed by atoms with van der Waals surface area (Å²) in [5, 5.41) is 10.9. The summed E-state index contributed by atoms with van der Waals surface area (Å²) in [6.07, 6.45) is 2.50. The van der Waals surface area contributed by atoms with Crippen LogP contribution in [0.3, 0.4) is 0 Å². The van der Waals surface area contributed by atoms with E-state index < -0.39 is 5.60 Å². The van der Waals surface area contributed by atoms with Crippen LogP contribution in [0.25, 0.3) is 0 Å². The van der Waals surface area contributed by atoms with Crippen molar-refractivity contribution >= 4 is 23.1 Å². The molecular formula is C21H22ClNO2. The second-order valence-electron chi connectivity index (χ2n) is 6.89. The summed E-state index contributed by atoms with van der Waals surface area (Å²) in [6, 6.07) is 6.31. The molecule has 4 rings (SSSR count). The summed E-state index contributed by atoms with van der Waals surface area (Å²) in [4.78, 5) is 14.2. The van der Waals surface area contributed by atoms with Crippen LogP contribution in [0.1, 0.15) is 47.1 Å². The van der Waals surface area contributed by atoms with Gasteiger partial charge in [-0.2, -0.15) is 0 Å². The highest BCUT2D eigenvalue weighted by atomic mass is 35.5. The Kier molecular flexibility index (Phi) is 3.24. The van der Waals surface area contributed by atoms with Crippen molar-refractivity contribution in [3.05, 3.63) is 64.6 Å². The molecule has 130 valence electrons. The maximum Gasteiger partial charge on any atom is 0.165 e. The Hall–Kier alpha value is -1.84. The third-order valence-corrected chi connectivity index (χ3v) is 5.30. The molecule has 25 heavy (non-hydrogen) atoms. The van der Waals surface area contributed by atoms with Gasteiger partial charge in [0.25, 0.3) is 0 Å². The van der Waals surface area contributed by atoms with E-state index in [9.17, 15) is 9.90 Å². The zero-order valence-corrected chi connectivity index (χ0v) is 14.6. The van der Waals surface area contributed by atoms with Crippen molar-refractivity contribution in [3.63, 3.8) is 0 Å². The third-order valence-electron chi connectivity index (χ3n) is 5.12. The molecule has 1 N–H and O–H groups in total. The molecule has 2 aromatic carbocycles. The molecule has 0 unspecified atom stereocenters. The van der Waals surface area contributed by atoms with E-state index in [0.717, 1.165) is 24.1 Å². The predicted molar refractivity (Wildman–Crippen MR) is 100 cm³/mol. The Balaban J connectivity index is 1.53. The summed E-state index contributed by atoms with van der Waals surface area (Å²) < 4.78 is 32.2. The lowest BCUT2D eigenvalue weighted by Crippen LogP contribution is -2.42. The van der Waals surface area contributed by atoms with Crippen molar-refractivity contribution in [2.75, 3.05) is 18.0 Å². The van der Waals surface area contributed by atoms with E-state index in [2.05, 4.69) is 4.90 Å². The van der Waals surface area contributed by atoms with Crippen LogP contribution in [0.5, 0.6) is 0 Å². The number of carbonyl (C=O) groups excluding carboxylic acids is 1. The van der Waals surface area contributed by atoms with Gasteiger partial charge in [-0.25, -0.2) is 0 Å². The molecule has 0 atom stereocenters. The number of benzene rings is 2. The maximum absolute atomic E-state index is 12.2. The van der Waals surface area contributed by atoms with Crippen LogP contribution in [0, 0.1) is 5.92 Å². The van der Waals surface area contributed by atoms with Crippen LogP contribution in [0.15, 0.2) is 48.4 Å². The van der Waals surface area contributed by atoms with Gasteiger partial charge in [0.1, 0.15) is 0 Å². The molecule has 1 aliphatic carbocycles. The highest BCUT2D eigenvalue weighted by Crippen LogP contribution is 2.36. The first-order valence-electron chi connectivity index (χ1n) is 10.6. The highest BCUT2D eigenvalue weighted by molar-refractivity contribution is 6.30. The number of ketones is 1. The van der Waals surface area contributed by atoms with Gasteiger partial charge in [0.2, 0.25) is 0 Å². The van der Waals surface area contributed by atoms with E-state index in [0.29, 0.717) is 13.1 Å². The number of halogens is 1. The molecule has 0 aromatic heterocycles. The smallest absolute Gasteiger partial charge is 0.165 e. The van der Waals surface area contributed by atoms with Crippen LogP contribution in [0.4, 0.5) is 5.69 Å². The first-order valence-corrected chi connectivity index (χ1v) is 8.98. The number of nitrogens with zero attached hydrogens (tertiary/aromatic N) is 1. The van der Waals surface area contributed by atoms with Gasteiger partial charge in [-0.1, -0.05) is 23.7 Å². The minimum atomic E-state index is -1.44. The average Bonchev–Trinajstić information content (AvgIpc) is 3.56. The average molecular weight is 360 g/mol. The van der Waals surface area contributed by atoms with Crippen molar-refractivity contribution in [2.45, 2.75) is 31.3 Å². The molecule has 1 aliphatic heterocycles. The van der Waals surface area contributed by atoms with Gasteiger partial charge in [-0.3, -0.25) is 4.79 Å². The van der Waals surface area contributed by atoms with Gasteiger partial charge in [0.05, 0.1) is 11.1 Å². The van der Waals surface area contributed by atoms with Crippen molar-refractivity contribution in [1.29, 1.82) is 0 Å². The fourth-order valence-electron chi connectivity index (χ4n) is 3.33. The summed E-state index contributed by atoms with van der Waals surface area (Å²) in [5.74, 6) is 0.392. The van der Waals surface area contributed by atoms with Crippen molar-refractivity contribution < 1.29 is 15.4 Å². The summed E-state index contributed by atoms with van der Waals surface area (Å²) in [5.41, 5.74) is 0.259. The molecule has 1 saturated heterocycles. The molecule has 0 spiro atoms. The molecule has 0 amide bonds. The first kappa shape index (κ1) is 12.5. The number of aliphatic hydroxyl groups is 1. The Labute approximate surface area is 158 Å². The van der Waals surface area contributed by atoms with Crippen molar-refractivity contribution in [1.82, 2.24) is 0 Å². The number of hydrogen-bond donors (Lipinski definition) is 1. The van der Waals surface area contributed by atoms with Crippen LogP contribution in [0.2, 0.25) is 5.02 Å². The lowest BCUT2D eigenvalue weighted by atomic mass is 9.84. The zero-order chi connectivity index (χ0) is 20.9. The van der Waals surface area contributed by atoms with Crippen molar-refractivity contribution in [3.8, 4) is 0 Å². The minimum absolute atomic E-state index is 0.0157. The molecular weight excluding hydrogens is 334 g/mol. The van der Waals surface area contributed by atoms with E-state index in [4.69, 9.17) is 17.1 Å². The Morgan fingerprint density at radius 2 is 1.72 bits per heavy atom. The number of rotatable bonds is 4. The fourth-order valence-corrected chi connectivity index (χ4v) is 3.43. The molecule has 1 saturated carbocycles. The lowest BCUT2D eigenvalue weighted by Gasteiger charge is -2.39. The zero-order valence-electron chi connectivity index (χ0n) is 17.8. The Morgan fingerprint density at radius 1 is 1.12 bits per heavy atom. The van der Waals surface area contributed by atoms with Gasteiger partial charge in [0, 0.05) is 35.3 Å². The Morgan fingerprint density at radius 3 is 2.28 bits per heavy atom. The van der Waals surface area contributed by atoms with Crippen LogP contribution in [-0.2, 0) is 5.60 Å². The summed E-state index contributed by atoms with van der Waals surface area (Å²) in [7, 11) is 0. The molecule has 4 heteroatoms. The molecule has 3 nitrogen and oxygen atoms in total. The highest BCUT2D eigenvalue weighted by Gasteiger charge is 2.34. The standard InChI is InChI=1S/C21H22ClNO2/c22-18-7-5-17(6-8-18)21(25)11-13-23(14-12-21)19-9-3-16(4-10-19)20(24)15-1-2-15/h3-10,15,25H,1-2,11-14H2/i5D,6D,7D,8D. The fraction of sp³-hybridized carbons (Fsp3) is 0.381. The van der Waals surface area contributed by atoms with Gasteiger partial charge >= 0.3 is 0 Å². The molecule has 1 heterocycles. The monoisotopic (exact) mass is 359 g/mol. The first-order chi connectivity index (χ1) is 13.7. The number of anilines is 1. The SMILES string of the molecule is [2H]c1c([2H])c(C2(O)CCN(c3ccc(C(=O)C4CC4)cc3)CC2)c([2H])c([2H])c1Cl. The molecule has 2 aromatic rings. The normalized spacial score (nSPS) is 21.9. The maximum atomic E-state index is 12.2.